The van der Waals surface area contributed by atoms with E-state index in [0.717, 1.165) is 19.5 Å². The van der Waals surface area contributed by atoms with Gasteiger partial charge in [0.25, 0.3) is 5.56 Å². The SMILES string of the molecule is CN1CCC(Oc2ccc(=O)n(C)n2)C1. The maximum Gasteiger partial charge on any atom is 0.266 e. The van der Waals surface area contributed by atoms with Crippen molar-refractivity contribution in [2.75, 3.05) is 20.1 Å². The molecule has 0 saturated carbocycles. The monoisotopic (exact) mass is 209 g/mol. The average Bonchev–Trinajstić information content (AvgIpc) is 2.58. The molecule has 1 aliphatic rings. The second-order valence-electron chi connectivity index (χ2n) is 3.92. The van der Waals surface area contributed by atoms with Gasteiger partial charge in [0.05, 0.1) is 0 Å². The number of ether oxygens (including phenoxy) is 1. The Hall–Kier alpha value is -1.36. The molecule has 2 heterocycles. The number of aromatic nitrogens is 2. The molecular formula is C10H15N3O2. The third-order valence-corrected chi connectivity index (χ3v) is 2.57. The van der Waals surface area contributed by atoms with Crippen molar-refractivity contribution in [1.29, 1.82) is 0 Å². The summed E-state index contributed by atoms with van der Waals surface area (Å²) in [5.41, 5.74) is -0.120. The first-order valence-corrected chi connectivity index (χ1v) is 5.05. The molecule has 0 aliphatic carbocycles. The molecule has 1 unspecified atom stereocenters. The number of rotatable bonds is 2. The van der Waals surface area contributed by atoms with Gasteiger partial charge in [-0.3, -0.25) is 4.79 Å². The van der Waals surface area contributed by atoms with E-state index in [0.29, 0.717) is 5.88 Å². The van der Waals surface area contributed by atoms with Crippen LogP contribution in [0.2, 0.25) is 0 Å². The number of likely N-dealkylation sites (tertiary alicyclic amines) is 1. The van der Waals surface area contributed by atoms with Crippen molar-refractivity contribution < 1.29 is 4.74 Å². The fraction of sp³-hybridized carbons (Fsp3) is 0.600. The van der Waals surface area contributed by atoms with Crippen LogP contribution in [0.15, 0.2) is 16.9 Å². The van der Waals surface area contributed by atoms with E-state index in [-0.39, 0.29) is 11.7 Å². The van der Waals surface area contributed by atoms with Crippen molar-refractivity contribution in [3.63, 3.8) is 0 Å². The molecule has 0 radical (unpaired) electrons. The normalized spacial score (nSPS) is 21.9. The molecule has 1 fully saturated rings. The Morgan fingerprint density at radius 3 is 2.87 bits per heavy atom. The number of hydrogen-bond donors (Lipinski definition) is 0. The third kappa shape index (κ3) is 2.36. The Labute approximate surface area is 88.3 Å². The minimum Gasteiger partial charge on any atom is -0.472 e. The highest BCUT2D eigenvalue weighted by atomic mass is 16.5. The number of hydrogen-bond acceptors (Lipinski definition) is 4. The van der Waals surface area contributed by atoms with Gasteiger partial charge in [-0.15, -0.1) is 5.10 Å². The lowest BCUT2D eigenvalue weighted by Gasteiger charge is -2.12. The lowest BCUT2D eigenvalue weighted by atomic mass is 10.3. The number of nitrogens with zero attached hydrogens (tertiary/aromatic N) is 3. The van der Waals surface area contributed by atoms with Gasteiger partial charge in [-0.1, -0.05) is 0 Å². The molecule has 1 aromatic heterocycles. The van der Waals surface area contributed by atoms with Crippen LogP contribution in [0.25, 0.3) is 0 Å². The molecule has 1 atom stereocenters. The van der Waals surface area contributed by atoms with Gasteiger partial charge in [-0.25, -0.2) is 4.68 Å². The van der Waals surface area contributed by atoms with E-state index >= 15 is 0 Å². The quantitative estimate of drug-likeness (QED) is 0.680. The molecule has 1 aliphatic heterocycles. The molecule has 82 valence electrons. The Kier molecular flexibility index (Phi) is 2.73. The van der Waals surface area contributed by atoms with Gasteiger partial charge >= 0.3 is 0 Å². The van der Waals surface area contributed by atoms with Crippen LogP contribution in [0, 0.1) is 0 Å². The smallest absolute Gasteiger partial charge is 0.266 e. The summed E-state index contributed by atoms with van der Waals surface area (Å²) in [6, 6.07) is 3.10. The van der Waals surface area contributed by atoms with Crippen molar-refractivity contribution in [2.24, 2.45) is 7.05 Å². The van der Waals surface area contributed by atoms with E-state index in [9.17, 15) is 4.79 Å². The summed E-state index contributed by atoms with van der Waals surface area (Å²) in [7, 11) is 3.69. The van der Waals surface area contributed by atoms with Gasteiger partial charge in [0, 0.05) is 32.3 Å². The Morgan fingerprint density at radius 1 is 1.47 bits per heavy atom. The first-order valence-electron chi connectivity index (χ1n) is 5.05. The lowest BCUT2D eigenvalue weighted by molar-refractivity contribution is 0.195. The van der Waals surface area contributed by atoms with Crippen molar-refractivity contribution in [3.05, 3.63) is 22.5 Å². The molecule has 0 amide bonds. The molecule has 0 spiro atoms. The van der Waals surface area contributed by atoms with Crippen LogP contribution >= 0.6 is 0 Å². The van der Waals surface area contributed by atoms with Crippen molar-refractivity contribution >= 4 is 0 Å². The molecule has 2 rings (SSSR count). The van der Waals surface area contributed by atoms with E-state index in [1.165, 1.54) is 10.7 Å². The molecule has 5 nitrogen and oxygen atoms in total. The van der Waals surface area contributed by atoms with Crippen molar-refractivity contribution in [3.8, 4) is 5.88 Å². The first-order chi connectivity index (χ1) is 7.15. The molecule has 1 saturated heterocycles. The van der Waals surface area contributed by atoms with E-state index in [2.05, 4.69) is 17.0 Å². The van der Waals surface area contributed by atoms with Gasteiger partial charge in [-0.05, 0) is 13.5 Å². The van der Waals surface area contributed by atoms with Crippen LogP contribution in [0.1, 0.15) is 6.42 Å². The largest absolute Gasteiger partial charge is 0.472 e. The minimum atomic E-state index is -0.120. The fourth-order valence-electron chi connectivity index (χ4n) is 1.71. The number of aryl methyl sites for hydroxylation is 1. The molecule has 1 aromatic rings. The zero-order valence-corrected chi connectivity index (χ0v) is 9.01. The van der Waals surface area contributed by atoms with Crippen LogP contribution in [-0.2, 0) is 7.05 Å². The number of likely N-dealkylation sites (N-methyl/N-ethyl adjacent to an activating group) is 1. The van der Waals surface area contributed by atoms with Crippen LogP contribution in [-0.4, -0.2) is 40.9 Å². The summed E-state index contributed by atoms with van der Waals surface area (Å²) in [6.07, 6.45) is 1.21. The van der Waals surface area contributed by atoms with E-state index < -0.39 is 0 Å². The highest BCUT2D eigenvalue weighted by molar-refractivity contribution is 5.07. The zero-order chi connectivity index (χ0) is 10.8. The van der Waals surface area contributed by atoms with E-state index in [1.807, 2.05) is 0 Å². The molecule has 15 heavy (non-hydrogen) atoms. The van der Waals surface area contributed by atoms with Crippen LogP contribution in [0.4, 0.5) is 0 Å². The fourth-order valence-corrected chi connectivity index (χ4v) is 1.71. The van der Waals surface area contributed by atoms with Crippen molar-refractivity contribution in [1.82, 2.24) is 14.7 Å². The Bertz CT molecular complexity index is 402. The highest BCUT2D eigenvalue weighted by Crippen LogP contribution is 2.13. The van der Waals surface area contributed by atoms with Gasteiger partial charge in [0.2, 0.25) is 5.88 Å². The Morgan fingerprint density at radius 2 is 2.27 bits per heavy atom. The second kappa shape index (κ2) is 4.02. The van der Waals surface area contributed by atoms with E-state index in [4.69, 9.17) is 4.74 Å². The van der Waals surface area contributed by atoms with E-state index in [1.54, 1.807) is 13.1 Å². The molecule has 0 bridgehead atoms. The molecule has 0 aromatic carbocycles. The third-order valence-electron chi connectivity index (χ3n) is 2.57. The predicted molar refractivity (Wildman–Crippen MR) is 56.0 cm³/mol. The van der Waals surface area contributed by atoms with Crippen molar-refractivity contribution in [2.45, 2.75) is 12.5 Å². The summed E-state index contributed by atoms with van der Waals surface area (Å²) in [4.78, 5) is 13.3. The maximum absolute atomic E-state index is 11.1. The minimum absolute atomic E-state index is 0.120. The lowest BCUT2D eigenvalue weighted by Crippen LogP contribution is -2.24. The first kappa shape index (κ1) is 10.2. The molecule has 0 N–H and O–H groups in total. The standard InChI is InChI=1S/C10H15N3O2/c1-12-6-5-8(7-12)15-9-3-4-10(14)13(2)11-9/h3-4,8H,5-7H2,1-2H3. The molecule has 5 heteroatoms. The summed E-state index contributed by atoms with van der Waals surface area (Å²) in [5.74, 6) is 0.525. The van der Waals surface area contributed by atoms with Gasteiger partial charge in [0.1, 0.15) is 6.10 Å². The summed E-state index contributed by atoms with van der Waals surface area (Å²) < 4.78 is 6.95. The van der Waals surface area contributed by atoms with Crippen LogP contribution < -0.4 is 10.3 Å². The van der Waals surface area contributed by atoms with Gasteiger partial charge < -0.3 is 9.64 Å². The summed E-state index contributed by atoms with van der Waals surface area (Å²) >= 11 is 0. The summed E-state index contributed by atoms with van der Waals surface area (Å²) in [6.45, 7) is 1.97. The van der Waals surface area contributed by atoms with Crippen LogP contribution in [0.5, 0.6) is 5.88 Å². The average molecular weight is 209 g/mol. The maximum atomic E-state index is 11.1. The Balaban J connectivity index is 2.05. The highest BCUT2D eigenvalue weighted by Gasteiger charge is 2.21. The van der Waals surface area contributed by atoms with Gasteiger partial charge in [-0.2, -0.15) is 0 Å². The second-order valence-corrected chi connectivity index (χ2v) is 3.92. The van der Waals surface area contributed by atoms with Gasteiger partial charge in [0.15, 0.2) is 0 Å². The molecular weight excluding hydrogens is 194 g/mol. The predicted octanol–water partition coefficient (Wildman–Crippen LogP) is -0.137. The zero-order valence-electron chi connectivity index (χ0n) is 9.01. The topological polar surface area (TPSA) is 47.4 Å². The van der Waals surface area contributed by atoms with Crippen LogP contribution in [0.3, 0.4) is 0 Å². The summed E-state index contributed by atoms with van der Waals surface area (Å²) in [5, 5.41) is 4.02.